The van der Waals surface area contributed by atoms with Gasteiger partial charge in [0.05, 0.1) is 5.56 Å². The fraction of sp³-hybridized carbons (Fsp3) is 0.0714. The minimum Gasteiger partial charge on any atom is -0.457 e. The number of carbonyl (C=O) groups is 1. The first-order valence-electron chi connectivity index (χ1n) is 5.53. The molecular formula is C14H11BrFNO2. The van der Waals surface area contributed by atoms with Crippen LogP contribution in [0.15, 0.2) is 46.9 Å². The lowest BCUT2D eigenvalue weighted by Gasteiger charge is -2.06. The number of hydrogen-bond acceptors (Lipinski definition) is 3. The molecule has 0 heterocycles. The Labute approximate surface area is 118 Å². The molecule has 0 amide bonds. The maximum Gasteiger partial charge on any atom is 0.341 e. The van der Waals surface area contributed by atoms with E-state index in [0.29, 0.717) is 5.69 Å². The van der Waals surface area contributed by atoms with E-state index in [1.54, 1.807) is 0 Å². The van der Waals surface area contributed by atoms with Crippen LogP contribution in [0.1, 0.15) is 15.9 Å². The van der Waals surface area contributed by atoms with Crippen LogP contribution in [0.5, 0.6) is 0 Å². The van der Waals surface area contributed by atoms with Gasteiger partial charge in [0.25, 0.3) is 0 Å². The molecule has 2 N–H and O–H groups in total. The van der Waals surface area contributed by atoms with Gasteiger partial charge in [-0.2, -0.15) is 0 Å². The Hall–Kier alpha value is -1.88. The van der Waals surface area contributed by atoms with Crippen LogP contribution < -0.4 is 5.73 Å². The first-order valence-corrected chi connectivity index (χ1v) is 6.32. The molecular weight excluding hydrogens is 313 g/mol. The minimum absolute atomic E-state index is 0.0837. The molecule has 0 fully saturated rings. The molecule has 0 spiro atoms. The molecule has 0 unspecified atom stereocenters. The molecule has 0 saturated carbocycles. The molecule has 0 aliphatic carbocycles. The number of hydrogen-bond donors (Lipinski definition) is 1. The highest BCUT2D eigenvalue weighted by molar-refractivity contribution is 9.10. The molecule has 5 heteroatoms. The van der Waals surface area contributed by atoms with E-state index in [0.717, 1.165) is 16.1 Å². The van der Waals surface area contributed by atoms with Gasteiger partial charge in [0.15, 0.2) is 0 Å². The van der Waals surface area contributed by atoms with E-state index in [4.69, 9.17) is 10.5 Å². The normalized spacial score (nSPS) is 10.2. The van der Waals surface area contributed by atoms with Crippen LogP contribution in [0.25, 0.3) is 0 Å². The molecule has 19 heavy (non-hydrogen) atoms. The van der Waals surface area contributed by atoms with Crippen molar-refractivity contribution in [2.75, 3.05) is 5.73 Å². The Bertz CT molecular complexity index is 599. The third kappa shape index (κ3) is 3.54. The zero-order valence-electron chi connectivity index (χ0n) is 9.90. The third-order valence-corrected chi connectivity index (χ3v) is 3.02. The van der Waals surface area contributed by atoms with E-state index >= 15 is 0 Å². The Morgan fingerprint density at radius 1 is 1.21 bits per heavy atom. The summed E-state index contributed by atoms with van der Waals surface area (Å²) < 4.78 is 19.4. The Morgan fingerprint density at radius 2 is 1.89 bits per heavy atom. The number of ether oxygens (including phenoxy) is 1. The summed E-state index contributed by atoms with van der Waals surface area (Å²) in [4.78, 5) is 11.7. The largest absolute Gasteiger partial charge is 0.457 e. The van der Waals surface area contributed by atoms with Crippen LogP contribution in [-0.2, 0) is 11.3 Å². The molecule has 0 bridgehead atoms. The molecule has 0 aromatic heterocycles. The molecule has 0 aliphatic heterocycles. The topological polar surface area (TPSA) is 52.3 Å². The van der Waals surface area contributed by atoms with Crippen LogP contribution in [0, 0.1) is 5.82 Å². The number of carbonyl (C=O) groups excluding carboxylic acids is 1. The summed E-state index contributed by atoms with van der Waals surface area (Å²) >= 11 is 3.31. The van der Waals surface area contributed by atoms with E-state index in [2.05, 4.69) is 15.9 Å². The van der Waals surface area contributed by atoms with Gasteiger partial charge in [-0.3, -0.25) is 0 Å². The second kappa shape index (κ2) is 5.84. The first kappa shape index (κ1) is 13.5. The summed E-state index contributed by atoms with van der Waals surface area (Å²) in [5, 5.41) is 0. The average Bonchev–Trinajstić information content (AvgIpc) is 2.40. The highest BCUT2D eigenvalue weighted by Gasteiger charge is 2.13. The van der Waals surface area contributed by atoms with Gasteiger partial charge >= 0.3 is 5.97 Å². The van der Waals surface area contributed by atoms with Gasteiger partial charge in [-0.25, -0.2) is 9.18 Å². The van der Waals surface area contributed by atoms with Gasteiger partial charge in [-0.1, -0.05) is 28.1 Å². The minimum atomic E-state index is -0.729. The molecule has 3 nitrogen and oxygen atoms in total. The van der Waals surface area contributed by atoms with Crippen molar-refractivity contribution in [3.8, 4) is 0 Å². The van der Waals surface area contributed by atoms with Crippen molar-refractivity contribution < 1.29 is 13.9 Å². The standard InChI is InChI=1S/C14H11BrFNO2/c15-10-3-1-9(2-4-10)8-19-14(18)12-7-11(17)5-6-13(12)16/h1-7H,8,17H2. The van der Waals surface area contributed by atoms with Gasteiger partial charge in [0, 0.05) is 10.2 Å². The molecule has 0 radical (unpaired) electrons. The summed E-state index contributed by atoms with van der Waals surface area (Å²) in [6.07, 6.45) is 0. The zero-order chi connectivity index (χ0) is 13.8. The van der Waals surface area contributed by atoms with E-state index in [9.17, 15) is 9.18 Å². The van der Waals surface area contributed by atoms with Crippen molar-refractivity contribution in [2.24, 2.45) is 0 Å². The maximum absolute atomic E-state index is 13.4. The van der Waals surface area contributed by atoms with Crippen molar-refractivity contribution in [2.45, 2.75) is 6.61 Å². The summed E-state index contributed by atoms with van der Waals surface area (Å²) in [6, 6.07) is 11.1. The summed E-state index contributed by atoms with van der Waals surface area (Å²) in [5.74, 6) is -1.37. The van der Waals surface area contributed by atoms with E-state index in [1.165, 1.54) is 12.1 Å². The summed E-state index contributed by atoms with van der Waals surface area (Å²) in [6.45, 7) is 0.0837. The zero-order valence-corrected chi connectivity index (χ0v) is 11.5. The van der Waals surface area contributed by atoms with Gasteiger partial charge in [0.2, 0.25) is 0 Å². The van der Waals surface area contributed by atoms with Crippen molar-refractivity contribution in [1.82, 2.24) is 0 Å². The summed E-state index contributed by atoms with van der Waals surface area (Å²) in [7, 11) is 0. The van der Waals surface area contributed by atoms with Gasteiger partial charge in [-0.05, 0) is 35.9 Å². The maximum atomic E-state index is 13.4. The third-order valence-electron chi connectivity index (χ3n) is 2.49. The highest BCUT2D eigenvalue weighted by atomic mass is 79.9. The van der Waals surface area contributed by atoms with Crippen LogP contribution in [-0.4, -0.2) is 5.97 Å². The number of esters is 1. The quantitative estimate of drug-likeness (QED) is 0.694. The highest BCUT2D eigenvalue weighted by Crippen LogP contribution is 2.15. The number of nitrogen functional groups attached to an aromatic ring is 1. The predicted octanol–water partition coefficient (Wildman–Crippen LogP) is 3.53. The second-order valence-electron chi connectivity index (χ2n) is 3.94. The van der Waals surface area contributed by atoms with Gasteiger partial charge in [-0.15, -0.1) is 0 Å². The van der Waals surface area contributed by atoms with Crippen molar-refractivity contribution >= 4 is 27.6 Å². The molecule has 2 aromatic carbocycles. The average molecular weight is 324 g/mol. The fourth-order valence-electron chi connectivity index (χ4n) is 1.51. The molecule has 2 rings (SSSR count). The number of rotatable bonds is 3. The van der Waals surface area contributed by atoms with Gasteiger partial charge in [0.1, 0.15) is 12.4 Å². The van der Waals surface area contributed by atoms with Crippen molar-refractivity contribution in [3.63, 3.8) is 0 Å². The lowest BCUT2D eigenvalue weighted by atomic mass is 10.2. The Balaban J connectivity index is 2.05. The summed E-state index contributed by atoms with van der Waals surface area (Å²) in [5.41, 5.74) is 6.49. The molecule has 98 valence electrons. The Kier molecular flexibility index (Phi) is 4.16. The van der Waals surface area contributed by atoms with Crippen LogP contribution >= 0.6 is 15.9 Å². The monoisotopic (exact) mass is 323 g/mol. The van der Waals surface area contributed by atoms with Crippen LogP contribution in [0.3, 0.4) is 0 Å². The fourth-order valence-corrected chi connectivity index (χ4v) is 1.77. The predicted molar refractivity (Wildman–Crippen MR) is 74.1 cm³/mol. The number of benzene rings is 2. The number of nitrogens with two attached hydrogens (primary N) is 1. The molecule has 0 saturated heterocycles. The molecule has 0 atom stereocenters. The second-order valence-corrected chi connectivity index (χ2v) is 4.86. The lowest BCUT2D eigenvalue weighted by Crippen LogP contribution is -2.08. The van der Waals surface area contributed by atoms with Crippen LogP contribution in [0.4, 0.5) is 10.1 Å². The van der Waals surface area contributed by atoms with E-state index in [1.807, 2.05) is 24.3 Å². The number of halogens is 2. The smallest absolute Gasteiger partial charge is 0.341 e. The SMILES string of the molecule is Nc1ccc(F)c(C(=O)OCc2ccc(Br)cc2)c1. The van der Waals surface area contributed by atoms with Crippen LogP contribution in [0.2, 0.25) is 0 Å². The van der Waals surface area contributed by atoms with E-state index in [-0.39, 0.29) is 12.2 Å². The molecule has 2 aromatic rings. The number of anilines is 1. The van der Waals surface area contributed by atoms with Gasteiger partial charge < -0.3 is 10.5 Å². The van der Waals surface area contributed by atoms with E-state index < -0.39 is 11.8 Å². The van der Waals surface area contributed by atoms with Crippen molar-refractivity contribution in [3.05, 3.63) is 63.9 Å². The lowest BCUT2D eigenvalue weighted by molar-refractivity contribution is 0.0467. The Morgan fingerprint density at radius 3 is 2.58 bits per heavy atom. The first-order chi connectivity index (χ1) is 9.06. The molecule has 0 aliphatic rings. The van der Waals surface area contributed by atoms with Crippen molar-refractivity contribution in [1.29, 1.82) is 0 Å².